The summed E-state index contributed by atoms with van der Waals surface area (Å²) in [6.45, 7) is 5.70. The second-order valence-corrected chi connectivity index (χ2v) is 5.75. The third-order valence-corrected chi connectivity index (χ3v) is 2.84. The molecule has 1 aromatic rings. The fraction of sp³-hybridized carbons (Fsp3) is 0.467. The summed E-state index contributed by atoms with van der Waals surface area (Å²) < 4.78 is 0. The predicted octanol–water partition coefficient (Wildman–Crippen LogP) is 0.965. The normalized spacial score (nSPS) is 12.6. The lowest BCUT2D eigenvalue weighted by Crippen LogP contribution is -2.43. The van der Waals surface area contributed by atoms with Gasteiger partial charge in [0.05, 0.1) is 6.54 Å². The van der Waals surface area contributed by atoms with Crippen LogP contribution in [0.4, 0.5) is 0 Å². The Labute approximate surface area is 119 Å². The van der Waals surface area contributed by atoms with Crippen molar-refractivity contribution >= 4 is 11.8 Å². The van der Waals surface area contributed by atoms with Gasteiger partial charge in [-0.2, -0.15) is 0 Å². The molecule has 20 heavy (non-hydrogen) atoms. The van der Waals surface area contributed by atoms with E-state index in [1.54, 1.807) is 20.8 Å². The SMILES string of the molecule is CC(C)(C)C(=O)NCC(=O)NCC(N)c1ccccc1. The Morgan fingerprint density at radius 3 is 2.30 bits per heavy atom. The highest BCUT2D eigenvalue weighted by atomic mass is 16.2. The number of benzene rings is 1. The van der Waals surface area contributed by atoms with E-state index in [0.29, 0.717) is 6.54 Å². The lowest BCUT2D eigenvalue weighted by Gasteiger charge is -2.18. The smallest absolute Gasteiger partial charge is 0.239 e. The Balaban J connectivity index is 2.32. The first-order chi connectivity index (χ1) is 9.30. The Morgan fingerprint density at radius 2 is 1.75 bits per heavy atom. The number of amides is 2. The van der Waals surface area contributed by atoms with Crippen LogP contribution in [0.25, 0.3) is 0 Å². The van der Waals surface area contributed by atoms with Crippen molar-refractivity contribution in [2.75, 3.05) is 13.1 Å². The van der Waals surface area contributed by atoms with Gasteiger partial charge in [0.25, 0.3) is 0 Å². The van der Waals surface area contributed by atoms with Gasteiger partial charge in [0, 0.05) is 18.0 Å². The molecule has 0 aliphatic rings. The van der Waals surface area contributed by atoms with Crippen molar-refractivity contribution in [2.24, 2.45) is 11.1 Å². The summed E-state index contributed by atoms with van der Waals surface area (Å²) in [5.41, 5.74) is 6.43. The van der Waals surface area contributed by atoms with Crippen LogP contribution in [0.2, 0.25) is 0 Å². The molecule has 1 aromatic carbocycles. The van der Waals surface area contributed by atoms with E-state index >= 15 is 0 Å². The monoisotopic (exact) mass is 277 g/mol. The fourth-order valence-corrected chi connectivity index (χ4v) is 1.53. The Kier molecular flexibility index (Phi) is 5.70. The Bertz CT molecular complexity index is 452. The van der Waals surface area contributed by atoms with Crippen molar-refractivity contribution in [3.63, 3.8) is 0 Å². The van der Waals surface area contributed by atoms with E-state index in [9.17, 15) is 9.59 Å². The third kappa shape index (κ3) is 5.40. The molecular weight excluding hydrogens is 254 g/mol. The highest BCUT2D eigenvalue weighted by Crippen LogP contribution is 2.12. The molecule has 5 heteroatoms. The Morgan fingerprint density at radius 1 is 1.15 bits per heavy atom. The lowest BCUT2D eigenvalue weighted by atomic mass is 9.96. The molecule has 0 aliphatic heterocycles. The summed E-state index contributed by atoms with van der Waals surface area (Å²) in [6, 6.07) is 9.30. The maximum atomic E-state index is 11.6. The average Bonchev–Trinajstić information content (AvgIpc) is 2.41. The van der Waals surface area contributed by atoms with Crippen LogP contribution < -0.4 is 16.4 Å². The van der Waals surface area contributed by atoms with Gasteiger partial charge in [0.1, 0.15) is 0 Å². The van der Waals surface area contributed by atoms with E-state index < -0.39 is 5.41 Å². The van der Waals surface area contributed by atoms with E-state index in [4.69, 9.17) is 5.73 Å². The van der Waals surface area contributed by atoms with Gasteiger partial charge in [0.15, 0.2) is 0 Å². The third-order valence-electron chi connectivity index (χ3n) is 2.84. The van der Waals surface area contributed by atoms with E-state index in [0.717, 1.165) is 5.56 Å². The number of nitrogens with one attached hydrogen (secondary N) is 2. The van der Waals surface area contributed by atoms with Gasteiger partial charge in [-0.1, -0.05) is 51.1 Å². The topological polar surface area (TPSA) is 84.2 Å². The zero-order chi connectivity index (χ0) is 15.2. The first kappa shape index (κ1) is 16.2. The fourth-order valence-electron chi connectivity index (χ4n) is 1.53. The van der Waals surface area contributed by atoms with Gasteiger partial charge in [-0.3, -0.25) is 9.59 Å². The molecule has 0 bridgehead atoms. The van der Waals surface area contributed by atoms with Crippen LogP contribution in [-0.2, 0) is 9.59 Å². The minimum absolute atomic E-state index is 0.0301. The van der Waals surface area contributed by atoms with Crippen molar-refractivity contribution in [2.45, 2.75) is 26.8 Å². The van der Waals surface area contributed by atoms with Crippen molar-refractivity contribution in [1.29, 1.82) is 0 Å². The zero-order valence-electron chi connectivity index (χ0n) is 12.3. The molecule has 0 heterocycles. The van der Waals surface area contributed by atoms with Crippen LogP contribution in [0.3, 0.4) is 0 Å². The molecule has 0 aliphatic carbocycles. The molecule has 1 unspecified atom stereocenters. The first-order valence-corrected chi connectivity index (χ1v) is 6.66. The maximum Gasteiger partial charge on any atom is 0.239 e. The largest absolute Gasteiger partial charge is 0.353 e. The molecule has 1 atom stereocenters. The number of rotatable bonds is 5. The molecule has 1 rings (SSSR count). The summed E-state index contributed by atoms with van der Waals surface area (Å²) >= 11 is 0. The van der Waals surface area contributed by atoms with Gasteiger partial charge >= 0.3 is 0 Å². The second-order valence-electron chi connectivity index (χ2n) is 5.75. The second kappa shape index (κ2) is 7.05. The summed E-state index contributed by atoms with van der Waals surface area (Å²) in [5, 5.41) is 5.30. The lowest BCUT2D eigenvalue weighted by molar-refractivity contribution is -0.131. The van der Waals surface area contributed by atoms with Gasteiger partial charge in [0.2, 0.25) is 11.8 Å². The van der Waals surface area contributed by atoms with Crippen molar-refractivity contribution in [3.8, 4) is 0 Å². The summed E-state index contributed by atoms with van der Waals surface area (Å²) in [7, 11) is 0. The summed E-state index contributed by atoms with van der Waals surface area (Å²) in [5.74, 6) is -0.394. The molecule has 0 aromatic heterocycles. The van der Waals surface area contributed by atoms with Crippen LogP contribution in [0, 0.1) is 5.41 Å². The number of hydrogen-bond donors (Lipinski definition) is 3. The molecule has 0 spiro atoms. The van der Waals surface area contributed by atoms with Crippen molar-refractivity contribution in [1.82, 2.24) is 10.6 Å². The number of nitrogens with two attached hydrogens (primary N) is 1. The van der Waals surface area contributed by atoms with E-state index in [1.807, 2.05) is 30.3 Å². The molecule has 110 valence electrons. The van der Waals surface area contributed by atoms with Crippen LogP contribution in [0.15, 0.2) is 30.3 Å². The van der Waals surface area contributed by atoms with Crippen LogP contribution in [-0.4, -0.2) is 24.9 Å². The van der Waals surface area contributed by atoms with Gasteiger partial charge in [-0.05, 0) is 5.56 Å². The van der Waals surface area contributed by atoms with E-state index in [-0.39, 0.29) is 24.4 Å². The number of carbonyl (C=O) groups is 2. The van der Waals surface area contributed by atoms with Crippen molar-refractivity contribution in [3.05, 3.63) is 35.9 Å². The number of carbonyl (C=O) groups excluding carboxylic acids is 2. The number of hydrogen-bond acceptors (Lipinski definition) is 3. The molecule has 0 radical (unpaired) electrons. The van der Waals surface area contributed by atoms with E-state index in [1.165, 1.54) is 0 Å². The minimum atomic E-state index is -0.499. The standard InChI is InChI=1S/C15H23N3O2/c1-15(2,3)14(20)18-10-13(19)17-9-12(16)11-7-5-4-6-8-11/h4-8,12H,9-10,16H2,1-3H3,(H,17,19)(H,18,20). The highest BCUT2D eigenvalue weighted by molar-refractivity contribution is 5.87. The van der Waals surface area contributed by atoms with Crippen molar-refractivity contribution < 1.29 is 9.59 Å². The van der Waals surface area contributed by atoms with Crippen LogP contribution in [0.5, 0.6) is 0 Å². The quantitative estimate of drug-likeness (QED) is 0.749. The molecule has 0 fully saturated rings. The zero-order valence-corrected chi connectivity index (χ0v) is 12.3. The Hall–Kier alpha value is -1.88. The summed E-state index contributed by atoms with van der Waals surface area (Å²) in [6.07, 6.45) is 0. The molecule has 2 amide bonds. The molecule has 4 N–H and O–H groups in total. The molecule has 0 saturated carbocycles. The average molecular weight is 277 g/mol. The highest BCUT2D eigenvalue weighted by Gasteiger charge is 2.21. The van der Waals surface area contributed by atoms with Gasteiger partial charge < -0.3 is 16.4 Å². The molecular formula is C15H23N3O2. The molecule has 0 saturated heterocycles. The maximum absolute atomic E-state index is 11.6. The first-order valence-electron chi connectivity index (χ1n) is 6.66. The predicted molar refractivity (Wildman–Crippen MR) is 78.8 cm³/mol. The molecule has 5 nitrogen and oxygen atoms in total. The minimum Gasteiger partial charge on any atom is -0.353 e. The summed E-state index contributed by atoms with van der Waals surface area (Å²) in [4.78, 5) is 23.2. The van der Waals surface area contributed by atoms with Crippen LogP contribution >= 0.6 is 0 Å². The van der Waals surface area contributed by atoms with Gasteiger partial charge in [-0.15, -0.1) is 0 Å². The van der Waals surface area contributed by atoms with Gasteiger partial charge in [-0.25, -0.2) is 0 Å². The van der Waals surface area contributed by atoms with Crippen LogP contribution in [0.1, 0.15) is 32.4 Å². The van der Waals surface area contributed by atoms with E-state index in [2.05, 4.69) is 10.6 Å².